The molecule has 1 fully saturated rings. The first-order valence-electron chi connectivity index (χ1n) is 5.42. The lowest BCUT2D eigenvalue weighted by atomic mass is 10.0. The normalized spacial score (nSPS) is 21.4. The molecule has 0 radical (unpaired) electrons. The SMILES string of the molecule is Clc1ccn2c(C3CCCOC3)nnc2c1. The Hall–Kier alpha value is -1.13. The molecule has 0 saturated carbocycles. The number of aromatic nitrogens is 3. The van der Waals surface area contributed by atoms with Gasteiger partial charge in [0.2, 0.25) is 0 Å². The fourth-order valence-electron chi connectivity index (χ4n) is 2.11. The monoisotopic (exact) mass is 237 g/mol. The van der Waals surface area contributed by atoms with E-state index in [1.165, 1.54) is 0 Å². The number of ether oxygens (including phenoxy) is 1. The number of pyridine rings is 1. The Balaban J connectivity index is 2.03. The summed E-state index contributed by atoms with van der Waals surface area (Å²) < 4.78 is 7.46. The van der Waals surface area contributed by atoms with Gasteiger partial charge in [0.1, 0.15) is 5.82 Å². The van der Waals surface area contributed by atoms with Crippen molar-refractivity contribution in [3.63, 3.8) is 0 Å². The fourth-order valence-corrected chi connectivity index (χ4v) is 2.26. The van der Waals surface area contributed by atoms with Crippen molar-refractivity contribution in [1.82, 2.24) is 14.6 Å². The van der Waals surface area contributed by atoms with Gasteiger partial charge in [-0.15, -0.1) is 10.2 Å². The summed E-state index contributed by atoms with van der Waals surface area (Å²) >= 11 is 5.91. The number of nitrogens with zero attached hydrogens (tertiary/aromatic N) is 3. The Morgan fingerprint density at radius 3 is 3.19 bits per heavy atom. The predicted octanol–water partition coefficient (Wildman–Crippen LogP) is 2.28. The van der Waals surface area contributed by atoms with Crippen LogP contribution in [0.4, 0.5) is 0 Å². The van der Waals surface area contributed by atoms with E-state index in [1.54, 1.807) is 0 Å². The molecule has 0 spiro atoms. The molecule has 3 rings (SSSR count). The molecule has 0 bridgehead atoms. The van der Waals surface area contributed by atoms with Gasteiger partial charge in [-0.2, -0.15) is 0 Å². The van der Waals surface area contributed by atoms with E-state index in [1.807, 2.05) is 22.7 Å². The average molecular weight is 238 g/mol. The Morgan fingerprint density at radius 1 is 1.44 bits per heavy atom. The van der Waals surface area contributed by atoms with Crippen LogP contribution in [-0.4, -0.2) is 27.8 Å². The van der Waals surface area contributed by atoms with Gasteiger partial charge in [0.25, 0.3) is 0 Å². The summed E-state index contributed by atoms with van der Waals surface area (Å²) in [4.78, 5) is 0. The summed E-state index contributed by atoms with van der Waals surface area (Å²) in [5.74, 6) is 1.33. The quantitative estimate of drug-likeness (QED) is 0.764. The molecule has 1 aliphatic heterocycles. The van der Waals surface area contributed by atoms with Crippen LogP contribution in [0.3, 0.4) is 0 Å². The van der Waals surface area contributed by atoms with Crippen molar-refractivity contribution in [3.05, 3.63) is 29.2 Å². The average Bonchev–Trinajstić information content (AvgIpc) is 2.73. The van der Waals surface area contributed by atoms with Gasteiger partial charge in [0, 0.05) is 29.8 Å². The van der Waals surface area contributed by atoms with Crippen LogP contribution in [0.1, 0.15) is 24.6 Å². The third-order valence-electron chi connectivity index (χ3n) is 2.92. The minimum absolute atomic E-state index is 0.352. The van der Waals surface area contributed by atoms with Crippen LogP contribution >= 0.6 is 11.6 Å². The van der Waals surface area contributed by atoms with E-state index in [-0.39, 0.29) is 0 Å². The zero-order valence-electron chi connectivity index (χ0n) is 8.77. The van der Waals surface area contributed by atoms with Crippen LogP contribution in [0.5, 0.6) is 0 Å². The van der Waals surface area contributed by atoms with Gasteiger partial charge in [-0.1, -0.05) is 11.6 Å². The second-order valence-corrected chi connectivity index (χ2v) is 4.48. The van der Waals surface area contributed by atoms with E-state index < -0.39 is 0 Å². The second kappa shape index (κ2) is 4.03. The van der Waals surface area contributed by atoms with Gasteiger partial charge in [-0.05, 0) is 18.9 Å². The van der Waals surface area contributed by atoms with E-state index in [4.69, 9.17) is 16.3 Å². The van der Waals surface area contributed by atoms with Gasteiger partial charge in [0.15, 0.2) is 5.65 Å². The topological polar surface area (TPSA) is 39.4 Å². The lowest BCUT2D eigenvalue weighted by Gasteiger charge is -2.20. The minimum Gasteiger partial charge on any atom is -0.381 e. The molecule has 5 heteroatoms. The second-order valence-electron chi connectivity index (χ2n) is 4.05. The molecular formula is C11H12ClN3O. The van der Waals surface area contributed by atoms with Crippen molar-refractivity contribution in [2.24, 2.45) is 0 Å². The molecule has 84 valence electrons. The highest BCUT2D eigenvalue weighted by molar-refractivity contribution is 6.30. The van der Waals surface area contributed by atoms with E-state index in [0.29, 0.717) is 10.9 Å². The lowest BCUT2D eigenvalue weighted by molar-refractivity contribution is 0.0778. The van der Waals surface area contributed by atoms with Gasteiger partial charge >= 0.3 is 0 Å². The molecule has 0 amide bonds. The summed E-state index contributed by atoms with van der Waals surface area (Å²) in [6, 6.07) is 3.67. The zero-order chi connectivity index (χ0) is 11.0. The molecule has 1 atom stereocenters. The van der Waals surface area contributed by atoms with Crippen LogP contribution in [-0.2, 0) is 4.74 Å². The maximum absolute atomic E-state index is 5.91. The molecule has 1 saturated heterocycles. The number of fused-ring (bicyclic) bond motifs is 1. The molecule has 0 aromatic carbocycles. The van der Waals surface area contributed by atoms with Crippen molar-refractivity contribution < 1.29 is 4.74 Å². The predicted molar refractivity (Wildman–Crippen MR) is 60.8 cm³/mol. The third-order valence-corrected chi connectivity index (χ3v) is 3.16. The maximum atomic E-state index is 5.91. The number of rotatable bonds is 1. The Bertz CT molecular complexity index is 505. The molecule has 0 aliphatic carbocycles. The van der Waals surface area contributed by atoms with E-state index in [0.717, 1.165) is 37.5 Å². The standard InChI is InChI=1S/C11H12ClN3O/c12-9-3-4-15-10(6-9)13-14-11(15)8-2-1-5-16-7-8/h3-4,6,8H,1-2,5,7H2. The Labute approximate surface area is 98.2 Å². The highest BCUT2D eigenvalue weighted by atomic mass is 35.5. The molecule has 2 aromatic heterocycles. The van der Waals surface area contributed by atoms with Gasteiger partial charge < -0.3 is 4.74 Å². The van der Waals surface area contributed by atoms with Crippen molar-refractivity contribution in [2.45, 2.75) is 18.8 Å². The molecule has 1 unspecified atom stereocenters. The molecular weight excluding hydrogens is 226 g/mol. The molecule has 0 N–H and O–H groups in total. The van der Waals surface area contributed by atoms with E-state index >= 15 is 0 Å². The van der Waals surface area contributed by atoms with Crippen molar-refractivity contribution >= 4 is 17.2 Å². The molecule has 2 aromatic rings. The summed E-state index contributed by atoms with van der Waals surface area (Å²) in [6.07, 6.45) is 4.12. The highest BCUT2D eigenvalue weighted by Crippen LogP contribution is 2.24. The molecule has 4 nitrogen and oxygen atoms in total. The maximum Gasteiger partial charge on any atom is 0.162 e. The van der Waals surface area contributed by atoms with Crippen LogP contribution in [0, 0.1) is 0 Å². The van der Waals surface area contributed by atoms with Crippen molar-refractivity contribution in [1.29, 1.82) is 0 Å². The first-order chi connectivity index (χ1) is 7.84. The molecule has 16 heavy (non-hydrogen) atoms. The fraction of sp³-hybridized carbons (Fsp3) is 0.455. The summed E-state index contributed by atoms with van der Waals surface area (Å²) in [6.45, 7) is 1.60. The number of halogens is 1. The van der Waals surface area contributed by atoms with Gasteiger partial charge in [-0.25, -0.2) is 0 Å². The van der Waals surface area contributed by atoms with E-state index in [9.17, 15) is 0 Å². The van der Waals surface area contributed by atoms with Crippen LogP contribution in [0.15, 0.2) is 18.3 Å². The third kappa shape index (κ3) is 1.68. The van der Waals surface area contributed by atoms with Crippen LogP contribution in [0.2, 0.25) is 5.02 Å². The van der Waals surface area contributed by atoms with Crippen LogP contribution in [0.25, 0.3) is 5.65 Å². The van der Waals surface area contributed by atoms with Gasteiger partial charge in [0.05, 0.1) is 6.61 Å². The Morgan fingerprint density at radius 2 is 2.38 bits per heavy atom. The smallest absolute Gasteiger partial charge is 0.162 e. The van der Waals surface area contributed by atoms with Gasteiger partial charge in [-0.3, -0.25) is 4.40 Å². The van der Waals surface area contributed by atoms with Crippen molar-refractivity contribution in [2.75, 3.05) is 13.2 Å². The first kappa shape index (κ1) is 10.1. The lowest BCUT2D eigenvalue weighted by Crippen LogP contribution is -2.17. The summed E-state index contributed by atoms with van der Waals surface area (Å²) in [5.41, 5.74) is 0.799. The molecule has 1 aliphatic rings. The number of hydrogen-bond acceptors (Lipinski definition) is 3. The summed E-state index contributed by atoms with van der Waals surface area (Å²) in [5, 5.41) is 9.05. The largest absolute Gasteiger partial charge is 0.381 e. The van der Waals surface area contributed by atoms with Crippen molar-refractivity contribution in [3.8, 4) is 0 Å². The zero-order valence-corrected chi connectivity index (χ0v) is 9.52. The Kier molecular flexibility index (Phi) is 2.53. The highest BCUT2D eigenvalue weighted by Gasteiger charge is 2.21. The van der Waals surface area contributed by atoms with Crippen LogP contribution < -0.4 is 0 Å². The summed E-state index contributed by atoms with van der Waals surface area (Å²) in [7, 11) is 0. The van der Waals surface area contributed by atoms with E-state index in [2.05, 4.69) is 10.2 Å². The number of hydrogen-bond donors (Lipinski definition) is 0. The first-order valence-corrected chi connectivity index (χ1v) is 5.80. The molecule has 3 heterocycles. The minimum atomic E-state index is 0.352.